The first-order valence-electron chi connectivity index (χ1n) is 6.72. The third kappa shape index (κ3) is 3.88. The lowest BCUT2D eigenvalue weighted by Gasteiger charge is -2.40. The van der Waals surface area contributed by atoms with Crippen LogP contribution in [-0.2, 0) is 6.54 Å². The second-order valence-electron chi connectivity index (χ2n) is 5.10. The van der Waals surface area contributed by atoms with E-state index in [-0.39, 0.29) is 22.2 Å². The number of thioether (sulfide) groups is 1. The number of rotatable bonds is 6. The van der Waals surface area contributed by atoms with Crippen LogP contribution in [0.3, 0.4) is 0 Å². The first-order chi connectivity index (χ1) is 9.96. The molecule has 21 heavy (non-hydrogen) atoms. The van der Waals surface area contributed by atoms with Gasteiger partial charge in [-0.15, -0.1) is 11.3 Å². The molecule has 8 heteroatoms. The number of carboxylic acids is 1. The van der Waals surface area contributed by atoms with Gasteiger partial charge in [-0.3, -0.25) is 0 Å². The summed E-state index contributed by atoms with van der Waals surface area (Å²) in [6.45, 7) is 2.57. The van der Waals surface area contributed by atoms with Crippen molar-refractivity contribution in [3.05, 3.63) is 15.6 Å². The van der Waals surface area contributed by atoms with Crippen LogP contribution < -0.4 is 10.6 Å². The molecular formula is C13H19N3O3S2. The van der Waals surface area contributed by atoms with Crippen LogP contribution in [0.5, 0.6) is 0 Å². The largest absolute Gasteiger partial charge is 0.477 e. The van der Waals surface area contributed by atoms with E-state index in [1.807, 2.05) is 0 Å². The molecule has 2 amide bonds. The van der Waals surface area contributed by atoms with E-state index >= 15 is 0 Å². The Hall–Kier alpha value is -1.28. The van der Waals surface area contributed by atoms with E-state index in [9.17, 15) is 9.59 Å². The zero-order valence-corrected chi connectivity index (χ0v) is 13.7. The minimum atomic E-state index is -0.979. The molecule has 1 fully saturated rings. The number of urea groups is 1. The zero-order chi connectivity index (χ0) is 15.5. The maximum absolute atomic E-state index is 11.8. The minimum absolute atomic E-state index is 0.200. The molecule has 0 spiro atoms. The number of aryl methyl sites for hydroxylation is 1. The van der Waals surface area contributed by atoms with Gasteiger partial charge in [0.15, 0.2) is 0 Å². The van der Waals surface area contributed by atoms with Crippen molar-refractivity contribution < 1.29 is 14.7 Å². The van der Waals surface area contributed by atoms with Crippen molar-refractivity contribution in [2.24, 2.45) is 0 Å². The highest BCUT2D eigenvalue weighted by atomic mass is 32.2. The third-order valence-electron chi connectivity index (χ3n) is 3.70. The summed E-state index contributed by atoms with van der Waals surface area (Å²) in [5.74, 6) is -0.979. The number of aromatic carboxylic acids is 1. The maximum Gasteiger partial charge on any atom is 0.347 e. The normalized spacial score (nSPS) is 16.1. The van der Waals surface area contributed by atoms with E-state index in [0.29, 0.717) is 17.2 Å². The lowest BCUT2D eigenvalue weighted by molar-refractivity contribution is 0.0701. The van der Waals surface area contributed by atoms with Crippen molar-refractivity contribution in [1.82, 2.24) is 15.6 Å². The van der Waals surface area contributed by atoms with Crippen molar-refractivity contribution in [2.45, 2.75) is 37.5 Å². The number of thiazole rings is 1. The molecule has 0 bridgehead atoms. The summed E-state index contributed by atoms with van der Waals surface area (Å²) in [6.07, 6.45) is 5.58. The molecule has 1 aliphatic rings. The maximum atomic E-state index is 11.8. The van der Waals surface area contributed by atoms with Crippen molar-refractivity contribution >= 4 is 35.1 Å². The molecule has 6 nitrogen and oxygen atoms in total. The van der Waals surface area contributed by atoms with Crippen LogP contribution in [0.25, 0.3) is 0 Å². The molecule has 0 saturated heterocycles. The highest BCUT2D eigenvalue weighted by molar-refractivity contribution is 8.00. The number of nitrogens with one attached hydrogen (secondary N) is 2. The van der Waals surface area contributed by atoms with Crippen LogP contribution in [0.2, 0.25) is 0 Å². The molecule has 1 saturated carbocycles. The van der Waals surface area contributed by atoms with E-state index in [2.05, 4.69) is 21.9 Å². The number of aromatic nitrogens is 1. The van der Waals surface area contributed by atoms with Crippen LogP contribution in [-0.4, -0.2) is 39.6 Å². The fourth-order valence-corrected chi connectivity index (χ4v) is 3.97. The van der Waals surface area contributed by atoms with Gasteiger partial charge in [-0.05, 0) is 26.0 Å². The fraction of sp³-hybridized carbons (Fsp3) is 0.615. The van der Waals surface area contributed by atoms with Crippen LogP contribution in [0.1, 0.15) is 39.6 Å². The molecule has 1 aromatic rings. The lowest BCUT2D eigenvalue weighted by Crippen LogP contribution is -2.47. The van der Waals surface area contributed by atoms with Gasteiger partial charge in [-0.25, -0.2) is 14.6 Å². The van der Waals surface area contributed by atoms with Crippen molar-refractivity contribution in [2.75, 3.05) is 12.8 Å². The van der Waals surface area contributed by atoms with Crippen LogP contribution >= 0.6 is 23.1 Å². The number of hydrogen-bond donors (Lipinski definition) is 3. The Morgan fingerprint density at radius 3 is 2.62 bits per heavy atom. The van der Waals surface area contributed by atoms with E-state index in [1.54, 1.807) is 18.7 Å². The molecule has 3 N–H and O–H groups in total. The SMILES string of the molecule is CSC1(CNC(=O)NCc2nc(C)c(C(=O)O)s2)CCC1. The van der Waals surface area contributed by atoms with E-state index in [1.165, 1.54) is 6.42 Å². The number of nitrogens with zero attached hydrogens (tertiary/aromatic N) is 1. The summed E-state index contributed by atoms with van der Waals surface area (Å²) in [6, 6.07) is -0.236. The van der Waals surface area contributed by atoms with Gasteiger partial charge >= 0.3 is 12.0 Å². The fourth-order valence-electron chi connectivity index (χ4n) is 2.21. The Balaban J connectivity index is 1.78. The number of carbonyl (C=O) groups is 2. The molecule has 1 aliphatic carbocycles. The van der Waals surface area contributed by atoms with Gasteiger partial charge in [0.1, 0.15) is 9.88 Å². The highest BCUT2D eigenvalue weighted by Gasteiger charge is 2.36. The smallest absolute Gasteiger partial charge is 0.347 e. The molecule has 2 rings (SSSR count). The number of amides is 2. The molecule has 1 aromatic heterocycles. The predicted molar refractivity (Wildman–Crippen MR) is 84.1 cm³/mol. The van der Waals surface area contributed by atoms with E-state index in [4.69, 9.17) is 5.11 Å². The Kier molecular flexibility index (Phi) is 5.10. The summed E-state index contributed by atoms with van der Waals surface area (Å²) in [7, 11) is 0. The van der Waals surface area contributed by atoms with Gasteiger partial charge in [-0.2, -0.15) is 11.8 Å². The topological polar surface area (TPSA) is 91.3 Å². The Bertz CT molecular complexity index is 535. The first-order valence-corrected chi connectivity index (χ1v) is 8.76. The van der Waals surface area contributed by atoms with E-state index < -0.39 is 5.97 Å². The first kappa shape index (κ1) is 16.1. The molecule has 1 heterocycles. The van der Waals surface area contributed by atoms with Crippen LogP contribution in [0, 0.1) is 6.92 Å². The summed E-state index contributed by atoms with van der Waals surface area (Å²) in [5, 5.41) is 15.2. The summed E-state index contributed by atoms with van der Waals surface area (Å²) < 4.78 is 0.200. The summed E-state index contributed by atoms with van der Waals surface area (Å²) in [5.41, 5.74) is 0.487. The number of carboxylic acid groups (broad SMARTS) is 1. The van der Waals surface area contributed by atoms with Crippen LogP contribution in [0.4, 0.5) is 4.79 Å². The molecule has 0 atom stereocenters. The van der Waals surface area contributed by atoms with Gasteiger partial charge in [0.05, 0.1) is 12.2 Å². The van der Waals surface area contributed by atoms with Crippen molar-refractivity contribution in [3.63, 3.8) is 0 Å². The Labute approximate surface area is 131 Å². The molecule has 116 valence electrons. The molecular weight excluding hydrogens is 310 g/mol. The Morgan fingerprint density at radius 2 is 2.14 bits per heavy atom. The number of hydrogen-bond acceptors (Lipinski definition) is 5. The molecule has 0 aromatic carbocycles. The monoisotopic (exact) mass is 329 g/mol. The molecule has 0 unspecified atom stereocenters. The number of carbonyl (C=O) groups excluding carboxylic acids is 1. The van der Waals surface area contributed by atoms with Crippen LogP contribution in [0.15, 0.2) is 0 Å². The Morgan fingerprint density at radius 1 is 1.43 bits per heavy atom. The zero-order valence-electron chi connectivity index (χ0n) is 12.1. The third-order valence-corrected chi connectivity index (χ3v) is 6.27. The average Bonchev–Trinajstić information content (AvgIpc) is 2.77. The second-order valence-corrected chi connectivity index (χ2v) is 7.46. The lowest BCUT2D eigenvalue weighted by atomic mass is 9.84. The summed E-state index contributed by atoms with van der Waals surface area (Å²) >= 11 is 2.90. The van der Waals surface area contributed by atoms with Gasteiger partial charge in [0.2, 0.25) is 0 Å². The second kappa shape index (κ2) is 6.65. The standard InChI is InChI=1S/C13H19N3O3S2/c1-8-10(11(17)18)21-9(16-8)6-14-12(19)15-7-13(20-2)4-3-5-13/h3-7H2,1-2H3,(H,17,18)(H2,14,15,19). The molecule has 0 radical (unpaired) electrons. The van der Waals surface area contributed by atoms with E-state index in [0.717, 1.165) is 24.2 Å². The van der Waals surface area contributed by atoms with Gasteiger partial charge < -0.3 is 15.7 Å². The van der Waals surface area contributed by atoms with Crippen molar-refractivity contribution in [1.29, 1.82) is 0 Å². The molecule has 0 aliphatic heterocycles. The summed E-state index contributed by atoms with van der Waals surface area (Å²) in [4.78, 5) is 27.1. The van der Waals surface area contributed by atoms with Gasteiger partial charge in [0.25, 0.3) is 0 Å². The van der Waals surface area contributed by atoms with Gasteiger partial charge in [-0.1, -0.05) is 6.42 Å². The van der Waals surface area contributed by atoms with Gasteiger partial charge in [0, 0.05) is 11.3 Å². The van der Waals surface area contributed by atoms with Crippen molar-refractivity contribution in [3.8, 4) is 0 Å². The predicted octanol–water partition coefficient (Wildman–Crippen LogP) is 2.23. The minimum Gasteiger partial charge on any atom is -0.477 e. The quantitative estimate of drug-likeness (QED) is 0.744. The highest BCUT2D eigenvalue weighted by Crippen LogP contribution is 2.42. The average molecular weight is 329 g/mol.